The Hall–Kier alpha value is -7.96. The molecule has 2 aliphatic rings. The Labute approximate surface area is 538 Å². The summed E-state index contributed by atoms with van der Waals surface area (Å²) in [7, 11) is -4.82. The molecule has 9 aromatic rings. The van der Waals surface area contributed by atoms with E-state index in [4.69, 9.17) is 56.2 Å². The zero-order valence-corrected chi connectivity index (χ0v) is 51.9. The highest BCUT2D eigenvalue weighted by molar-refractivity contribution is 7.48. The first-order chi connectivity index (χ1) is 45.4. The van der Waals surface area contributed by atoms with Gasteiger partial charge in [0.15, 0.2) is 6.29 Å². The molecule has 11 atom stereocenters. The summed E-state index contributed by atoms with van der Waals surface area (Å²) in [6, 6.07) is 85.6. The fourth-order valence-electron chi connectivity index (χ4n) is 11.2. The molecule has 0 amide bonds. The molecule has 0 radical (unpaired) electrons. The van der Waals surface area contributed by atoms with Crippen molar-refractivity contribution in [1.29, 1.82) is 0 Å². The van der Waals surface area contributed by atoms with E-state index in [1.807, 2.05) is 273 Å². The average molecular weight is 1260 g/mol. The molecule has 0 bridgehead atoms. The monoisotopic (exact) mass is 1260 g/mol. The first-order valence-corrected chi connectivity index (χ1v) is 32.4. The Kier molecular flexibility index (Phi) is 24.7. The van der Waals surface area contributed by atoms with Gasteiger partial charge in [-0.2, -0.15) is 0 Å². The van der Waals surface area contributed by atoms with Crippen molar-refractivity contribution in [3.8, 4) is 0 Å². The molecular formula is C75H76N3O13P. The second kappa shape index (κ2) is 34.6. The van der Waals surface area contributed by atoms with E-state index in [1.54, 1.807) is 0 Å². The normalized spacial score (nSPS) is 22.3. The second-order valence-corrected chi connectivity index (χ2v) is 24.1. The molecule has 0 spiro atoms. The van der Waals surface area contributed by atoms with Crippen molar-refractivity contribution in [2.45, 2.75) is 127 Å². The van der Waals surface area contributed by atoms with Crippen molar-refractivity contribution in [3.63, 3.8) is 0 Å². The van der Waals surface area contributed by atoms with Gasteiger partial charge in [-0.05, 0) is 55.6 Å². The third-order valence-corrected chi connectivity index (χ3v) is 17.2. The summed E-state index contributed by atoms with van der Waals surface area (Å²) in [5, 5.41) is 4.52. The lowest BCUT2D eigenvalue weighted by molar-refractivity contribution is -0.337. The minimum atomic E-state index is -4.82. The van der Waals surface area contributed by atoms with Gasteiger partial charge in [-0.15, -0.1) is 0 Å². The average Bonchev–Trinajstić information content (AvgIpc) is 0.793. The van der Waals surface area contributed by atoms with Gasteiger partial charge in [0.1, 0.15) is 61.0 Å². The summed E-state index contributed by atoms with van der Waals surface area (Å²) in [6.45, 7) is 0.286. The number of azide groups is 1. The van der Waals surface area contributed by atoms with Crippen molar-refractivity contribution in [2.75, 3.05) is 6.61 Å². The molecule has 11 rings (SSSR count). The predicted molar refractivity (Wildman–Crippen MR) is 348 cm³/mol. The summed E-state index contributed by atoms with van der Waals surface area (Å²) in [5.74, 6) is 0. The van der Waals surface area contributed by atoms with Crippen LogP contribution in [0.1, 0.15) is 50.1 Å². The van der Waals surface area contributed by atoms with Gasteiger partial charge in [0.25, 0.3) is 0 Å². The predicted octanol–water partition coefficient (Wildman–Crippen LogP) is 15.4. The largest absolute Gasteiger partial charge is 0.475 e. The van der Waals surface area contributed by atoms with Crippen LogP contribution in [0, 0.1) is 0 Å². The minimum absolute atomic E-state index is 0.0161. The van der Waals surface area contributed by atoms with Gasteiger partial charge >= 0.3 is 7.82 Å². The van der Waals surface area contributed by atoms with Crippen molar-refractivity contribution in [3.05, 3.63) is 334 Å². The SMILES string of the molecule is [N-]=[N+]=N[C@H]1[C@@H](O[C@@H]2[C@H](OCc3ccccc3)[C@@H](OCc3ccccc3)[C@H](OCc3ccccc3)[C@@H](OCc3ccccc3)[C@H]2OP(=O)(OCc2ccccc2)OCc2ccccc2)O[C@H](COCc2ccccc2)[C@@H](OCc2ccccc2)[C@@H]1OCc1ccccc1. The fraction of sp³-hybridized carbons (Fsp3) is 0.280. The Morgan fingerprint density at radius 2 is 0.609 bits per heavy atom. The molecule has 9 aromatic carbocycles. The number of ether oxygens (including phenoxy) is 9. The van der Waals surface area contributed by atoms with Gasteiger partial charge in [-0.3, -0.25) is 13.6 Å². The second-order valence-electron chi connectivity index (χ2n) is 22.4. The van der Waals surface area contributed by atoms with E-state index in [0.717, 1.165) is 38.9 Å². The van der Waals surface area contributed by atoms with Crippen LogP contribution in [-0.2, 0) is 120 Å². The van der Waals surface area contributed by atoms with Crippen LogP contribution in [0.5, 0.6) is 0 Å². The highest BCUT2D eigenvalue weighted by Crippen LogP contribution is 2.55. The number of rotatable bonds is 33. The van der Waals surface area contributed by atoms with E-state index in [1.165, 1.54) is 0 Å². The lowest BCUT2D eigenvalue weighted by Crippen LogP contribution is -2.69. The van der Waals surface area contributed by atoms with Gasteiger partial charge in [-0.25, -0.2) is 4.57 Å². The van der Waals surface area contributed by atoms with E-state index in [0.29, 0.717) is 11.1 Å². The molecule has 474 valence electrons. The highest BCUT2D eigenvalue weighted by atomic mass is 31.2. The number of hydrogen-bond donors (Lipinski definition) is 0. The number of phosphoric acid groups is 1. The summed E-state index contributed by atoms with van der Waals surface area (Å²) >= 11 is 0. The lowest BCUT2D eigenvalue weighted by Gasteiger charge is -2.52. The van der Waals surface area contributed by atoms with E-state index in [9.17, 15) is 5.53 Å². The summed E-state index contributed by atoms with van der Waals surface area (Å²) < 4.78 is 101. The Balaban J connectivity index is 1.08. The van der Waals surface area contributed by atoms with Gasteiger partial charge in [0.2, 0.25) is 0 Å². The molecule has 92 heavy (non-hydrogen) atoms. The van der Waals surface area contributed by atoms with Gasteiger partial charge in [0.05, 0.1) is 66.1 Å². The Morgan fingerprint density at radius 1 is 0.337 bits per heavy atom. The third kappa shape index (κ3) is 19.1. The van der Waals surface area contributed by atoms with E-state index in [2.05, 4.69) is 10.0 Å². The summed E-state index contributed by atoms with van der Waals surface area (Å²) in [5.41, 5.74) is 18.3. The summed E-state index contributed by atoms with van der Waals surface area (Å²) in [4.78, 5) is 3.47. The standard InChI is InChI=1S/C75H76N3O13P/c76-78-77-66-68(82-48-58-32-14-3-15-33-58)67(81-47-57-30-12-2-13-31-57)65(55-80-46-56-28-10-1-11-29-56)89-75(66)90-73-71(85-51-61-38-20-6-21-39-61)69(83-49-59-34-16-4-17-35-59)70(84-50-60-36-18-5-19-37-60)72(86-52-62-40-22-7-23-41-62)74(73)91-92(79,87-53-63-42-24-8-25-43-63)88-54-64-44-26-9-27-45-64/h1-45,65-75H,46-55H2/t65-,66-,67-,68-,69+,70+,71-,72-,73-,74-,75-/m1/s1. The molecule has 0 N–H and O–H groups in total. The zero-order chi connectivity index (χ0) is 62.8. The van der Waals surface area contributed by atoms with Crippen molar-refractivity contribution in [1.82, 2.24) is 0 Å². The molecule has 1 saturated carbocycles. The molecule has 1 aliphatic heterocycles. The fourth-order valence-corrected chi connectivity index (χ4v) is 12.5. The Bertz CT molecular complexity index is 3590. The molecule has 2 fully saturated rings. The van der Waals surface area contributed by atoms with Gasteiger partial charge in [-0.1, -0.05) is 278 Å². The number of nitrogens with zero attached hydrogens (tertiary/aromatic N) is 3. The van der Waals surface area contributed by atoms with E-state index >= 15 is 4.57 Å². The maximum absolute atomic E-state index is 16.4. The smallest absolute Gasteiger partial charge is 0.374 e. The van der Waals surface area contributed by atoms with Crippen LogP contribution < -0.4 is 0 Å². The molecular weight excluding hydrogens is 1180 g/mol. The molecule has 1 heterocycles. The molecule has 0 aromatic heterocycles. The van der Waals surface area contributed by atoms with Crippen molar-refractivity contribution in [2.24, 2.45) is 5.11 Å². The van der Waals surface area contributed by atoms with E-state index < -0.39 is 75.1 Å². The van der Waals surface area contributed by atoms with Crippen LogP contribution in [0.15, 0.2) is 278 Å². The third-order valence-electron chi connectivity index (χ3n) is 15.9. The van der Waals surface area contributed by atoms with Crippen LogP contribution in [0.4, 0.5) is 0 Å². The maximum Gasteiger partial charge on any atom is 0.475 e. The molecule has 1 aliphatic carbocycles. The molecule has 17 heteroatoms. The van der Waals surface area contributed by atoms with Gasteiger partial charge < -0.3 is 42.6 Å². The topological polar surface area (TPSA) is 177 Å². The first kappa shape index (κ1) is 65.5. The minimum Gasteiger partial charge on any atom is -0.374 e. The van der Waals surface area contributed by atoms with Crippen molar-refractivity contribution >= 4 is 7.82 Å². The number of phosphoric ester groups is 1. The van der Waals surface area contributed by atoms with Crippen LogP contribution in [0.25, 0.3) is 10.4 Å². The quantitative estimate of drug-likeness (QED) is 0.0164. The zero-order valence-electron chi connectivity index (χ0n) is 51.0. The number of benzene rings is 9. The first-order valence-electron chi connectivity index (χ1n) is 31.0. The van der Waals surface area contributed by atoms with Crippen LogP contribution in [0.2, 0.25) is 0 Å². The molecule has 0 unspecified atom stereocenters. The molecule has 1 saturated heterocycles. The van der Waals surface area contributed by atoms with E-state index in [-0.39, 0.29) is 66.1 Å². The van der Waals surface area contributed by atoms with Crippen LogP contribution in [0.3, 0.4) is 0 Å². The van der Waals surface area contributed by atoms with Crippen LogP contribution >= 0.6 is 7.82 Å². The lowest BCUT2D eigenvalue weighted by atomic mass is 9.83. The highest BCUT2D eigenvalue weighted by Gasteiger charge is 2.59. The number of hydrogen-bond acceptors (Lipinski definition) is 14. The summed E-state index contributed by atoms with van der Waals surface area (Å²) in [6.07, 6.45) is -12.0. The Morgan fingerprint density at radius 3 is 0.935 bits per heavy atom. The molecule has 16 nitrogen and oxygen atoms in total. The van der Waals surface area contributed by atoms with Crippen molar-refractivity contribution < 1.29 is 60.8 Å². The maximum atomic E-state index is 16.4. The van der Waals surface area contributed by atoms with Crippen LogP contribution in [-0.4, -0.2) is 73.9 Å². The van der Waals surface area contributed by atoms with Gasteiger partial charge in [0, 0.05) is 4.91 Å².